The van der Waals surface area contributed by atoms with E-state index >= 15 is 0 Å². The lowest BCUT2D eigenvalue weighted by Crippen LogP contribution is -2.56. The van der Waals surface area contributed by atoms with Crippen LogP contribution in [0, 0.1) is 5.82 Å². The Morgan fingerprint density at radius 1 is 1.09 bits per heavy atom. The van der Waals surface area contributed by atoms with Crippen LogP contribution in [-0.2, 0) is 21.7 Å². The van der Waals surface area contributed by atoms with Gasteiger partial charge in [0.1, 0.15) is 17.9 Å². The summed E-state index contributed by atoms with van der Waals surface area (Å²) in [5.74, 6) is -1.21. The minimum absolute atomic E-state index is 0.0378. The van der Waals surface area contributed by atoms with Crippen molar-refractivity contribution in [2.75, 3.05) is 26.2 Å². The second kappa shape index (κ2) is 8.70. The van der Waals surface area contributed by atoms with Crippen LogP contribution in [0.25, 0.3) is 0 Å². The minimum atomic E-state index is -1.33. The van der Waals surface area contributed by atoms with Crippen molar-refractivity contribution in [1.29, 1.82) is 0 Å². The van der Waals surface area contributed by atoms with Gasteiger partial charge in [-0.05, 0) is 37.1 Å². The van der Waals surface area contributed by atoms with Gasteiger partial charge in [0.15, 0.2) is 0 Å². The van der Waals surface area contributed by atoms with Crippen LogP contribution in [0.3, 0.4) is 0 Å². The molecule has 4 amide bonds. The van der Waals surface area contributed by atoms with E-state index in [1.165, 1.54) is 29.8 Å². The topological polar surface area (TPSA) is 73.0 Å². The fourth-order valence-corrected chi connectivity index (χ4v) is 4.43. The second-order valence-corrected chi connectivity index (χ2v) is 8.61. The predicted molar refractivity (Wildman–Crippen MR) is 117 cm³/mol. The van der Waals surface area contributed by atoms with Crippen LogP contribution in [0.15, 0.2) is 54.6 Å². The largest absolute Gasteiger partial charge is 0.336 e. The molecule has 7 nitrogen and oxygen atoms in total. The van der Waals surface area contributed by atoms with E-state index in [4.69, 9.17) is 0 Å². The van der Waals surface area contributed by atoms with Gasteiger partial charge >= 0.3 is 6.03 Å². The summed E-state index contributed by atoms with van der Waals surface area (Å²) >= 11 is 0. The van der Waals surface area contributed by atoms with Gasteiger partial charge < -0.3 is 10.2 Å². The number of halogens is 1. The zero-order chi connectivity index (χ0) is 22.9. The number of nitrogens with one attached hydrogen (secondary N) is 1. The van der Waals surface area contributed by atoms with Gasteiger partial charge in [0.2, 0.25) is 5.91 Å². The lowest BCUT2D eigenvalue weighted by atomic mass is 9.92. The van der Waals surface area contributed by atoms with Crippen molar-refractivity contribution < 1.29 is 18.8 Å². The number of rotatable bonds is 5. The van der Waals surface area contributed by atoms with Gasteiger partial charge in [-0.15, -0.1) is 0 Å². The van der Waals surface area contributed by atoms with Crippen molar-refractivity contribution >= 4 is 17.8 Å². The number of nitrogens with zero attached hydrogens (tertiary/aromatic N) is 3. The van der Waals surface area contributed by atoms with E-state index in [-0.39, 0.29) is 18.5 Å². The molecular weight excluding hydrogens is 411 g/mol. The summed E-state index contributed by atoms with van der Waals surface area (Å²) in [6, 6.07) is 14.9. The van der Waals surface area contributed by atoms with Gasteiger partial charge in [-0.25, -0.2) is 9.18 Å². The fraction of sp³-hybridized carbons (Fsp3) is 0.375. The number of piperazine rings is 1. The third kappa shape index (κ3) is 4.23. The standard InChI is InChI=1S/C24H27FN4O3/c1-17-14-27(15-18-6-4-3-5-7-18)12-13-28(17)21(30)16-29-22(31)24(2,26-23(29)32)19-8-10-20(25)11-9-19/h3-11,17H,12-16H2,1-2H3,(H,26,32). The molecule has 1 N–H and O–H groups in total. The van der Waals surface area contributed by atoms with E-state index in [0.717, 1.165) is 18.0 Å². The third-order valence-corrected chi connectivity index (χ3v) is 6.27. The number of urea groups is 1. The highest BCUT2D eigenvalue weighted by atomic mass is 19.1. The lowest BCUT2D eigenvalue weighted by molar-refractivity contribution is -0.141. The average molecular weight is 439 g/mol. The number of carbonyl (C=O) groups excluding carboxylic acids is 3. The summed E-state index contributed by atoms with van der Waals surface area (Å²) in [5, 5.41) is 2.66. The van der Waals surface area contributed by atoms with Crippen molar-refractivity contribution in [3.05, 3.63) is 71.5 Å². The Balaban J connectivity index is 1.39. The molecule has 8 heteroatoms. The molecule has 0 bridgehead atoms. The molecule has 0 aromatic heterocycles. The molecule has 2 unspecified atom stereocenters. The van der Waals surface area contributed by atoms with E-state index in [0.29, 0.717) is 18.7 Å². The highest BCUT2D eigenvalue weighted by Crippen LogP contribution is 2.29. The molecule has 2 fully saturated rings. The molecule has 0 saturated carbocycles. The summed E-state index contributed by atoms with van der Waals surface area (Å²) < 4.78 is 13.3. The van der Waals surface area contributed by atoms with Crippen LogP contribution >= 0.6 is 0 Å². The van der Waals surface area contributed by atoms with Gasteiger partial charge in [0, 0.05) is 32.2 Å². The molecule has 2 saturated heterocycles. The van der Waals surface area contributed by atoms with Crippen LogP contribution in [0.5, 0.6) is 0 Å². The van der Waals surface area contributed by atoms with Crippen LogP contribution in [0.2, 0.25) is 0 Å². The fourth-order valence-electron chi connectivity index (χ4n) is 4.43. The first-order valence-electron chi connectivity index (χ1n) is 10.7. The summed E-state index contributed by atoms with van der Waals surface area (Å²) in [4.78, 5) is 43.6. The number of carbonyl (C=O) groups is 3. The first-order chi connectivity index (χ1) is 15.3. The molecule has 4 rings (SSSR count). The summed E-state index contributed by atoms with van der Waals surface area (Å²) in [7, 11) is 0. The Bertz CT molecular complexity index is 1010. The molecule has 2 atom stereocenters. The number of hydrogen-bond donors (Lipinski definition) is 1. The van der Waals surface area contributed by atoms with Crippen molar-refractivity contribution in [2.24, 2.45) is 0 Å². The molecule has 0 aliphatic carbocycles. The molecule has 2 heterocycles. The molecule has 168 valence electrons. The van der Waals surface area contributed by atoms with E-state index < -0.39 is 23.3 Å². The average Bonchev–Trinajstić information content (AvgIpc) is 2.98. The smallest absolute Gasteiger partial charge is 0.325 e. The SMILES string of the molecule is CC1CN(Cc2ccccc2)CCN1C(=O)CN1C(=O)NC(C)(c2ccc(F)cc2)C1=O. The molecule has 2 aliphatic rings. The van der Waals surface area contributed by atoms with Crippen molar-refractivity contribution in [3.8, 4) is 0 Å². The quantitative estimate of drug-likeness (QED) is 0.728. The van der Waals surface area contributed by atoms with Crippen LogP contribution in [0.1, 0.15) is 25.0 Å². The molecule has 32 heavy (non-hydrogen) atoms. The first-order valence-corrected chi connectivity index (χ1v) is 10.7. The summed E-state index contributed by atoms with van der Waals surface area (Å²) in [5.41, 5.74) is 0.361. The third-order valence-electron chi connectivity index (χ3n) is 6.27. The Morgan fingerprint density at radius 3 is 2.44 bits per heavy atom. The minimum Gasteiger partial charge on any atom is -0.336 e. The van der Waals surface area contributed by atoms with Crippen LogP contribution < -0.4 is 5.32 Å². The lowest BCUT2D eigenvalue weighted by Gasteiger charge is -2.40. The molecular formula is C24H27FN4O3. The molecule has 2 aromatic rings. The monoisotopic (exact) mass is 438 g/mol. The summed E-state index contributed by atoms with van der Waals surface area (Å²) in [6.07, 6.45) is 0. The van der Waals surface area contributed by atoms with Gasteiger partial charge in [-0.1, -0.05) is 42.5 Å². The first kappa shape index (κ1) is 22.0. The Kier molecular flexibility index (Phi) is 5.97. The second-order valence-electron chi connectivity index (χ2n) is 8.61. The van der Waals surface area contributed by atoms with Gasteiger partial charge in [0.05, 0.1) is 0 Å². The van der Waals surface area contributed by atoms with Crippen molar-refractivity contribution in [2.45, 2.75) is 32.0 Å². The van der Waals surface area contributed by atoms with E-state index in [2.05, 4.69) is 22.3 Å². The Labute approximate surface area is 186 Å². The molecule has 0 radical (unpaired) electrons. The highest BCUT2D eigenvalue weighted by molar-refractivity contribution is 6.09. The van der Waals surface area contributed by atoms with Crippen molar-refractivity contribution in [1.82, 2.24) is 20.0 Å². The number of imide groups is 1. The van der Waals surface area contributed by atoms with Crippen LogP contribution in [0.4, 0.5) is 9.18 Å². The predicted octanol–water partition coefficient (Wildman–Crippen LogP) is 2.33. The maximum absolute atomic E-state index is 13.3. The van der Waals surface area contributed by atoms with Gasteiger partial charge in [-0.3, -0.25) is 19.4 Å². The van der Waals surface area contributed by atoms with E-state index in [1.807, 2.05) is 25.1 Å². The zero-order valence-corrected chi connectivity index (χ0v) is 18.3. The van der Waals surface area contributed by atoms with Crippen LogP contribution in [-0.4, -0.2) is 64.8 Å². The number of benzene rings is 2. The van der Waals surface area contributed by atoms with Crippen molar-refractivity contribution in [3.63, 3.8) is 0 Å². The zero-order valence-electron chi connectivity index (χ0n) is 18.3. The Morgan fingerprint density at radius 2 is 1.78 bits per heavy atom. The normalized spacial score (nSPS) is 24.0. The van der Waals surface area contributed by atoms with E-state index in [1.54, 1.807) is 11.8 Å². The maximum Gasteiger partial charge on any atom is 0.325 e. The highest BCUT2D eigenvalue weighted by Gasteiger charge is 2.50. The van der Waals surface area contributed by atoms with Gasteiger partial charge in [0.25, 0.3) is 5.91 Å². The molecule has 2 aromatic carbocycles. The number of hydrogen-bond acceptors (Lipinski definition) is 4. The van der Waals surface area contributed by atoms with E-state index in [9.17, 15) is 18.8 Å². The summed E-state index contributed by atoms with van der Waals surface area (Å²) in [6.45, 7) is 6.01. The molecule has 2 aliphatic heterocycles. The Hall–Kier alpha value is -3.26. The van der Waals surface area contributed by atoms with Gasteiger partial charge in [-0.2, -0.15) is 0 Å². The maximum atomic E-state index is 13.3. The number of amides is 4. The molecule has 0 spiro atoms.